The van der Waals surface area contributed by atoms with E-state index in [4.69, 9.17) is 17.0 Å². The zero-order chi connectivity index (χ0) is 16.1. The third kappa shape index (κ3) is 4.02. The monoisotopic (exact) mass is 417 g/mol. The molecule has 0 heterocycles. The molecule has 0 radical (unpaired) electrons. The maximum atomic E-state index is 4.93. The van der Waals surface area contributed by atoms with Crippen molar-refractivity contribution in [2.24, 2.45) is 0 Å². The van der Waals surface area contributed by atoms with Gasteiger partial charge in [-0.25, -0.2) is 0 Å². The normalized spacial score (nSPS) is 13.1. The van der Waals surface area contributed by atoms with E-state index in [-0.39, 0.29) is 0 Å². The zero-order valence-corrected chi connectivity index (χ0v) is 16.7. The van der Waals surface area contributed by atoms with Crippen molar-refractivity contribution in [1.82, 2.24) is 0 Å². The molecule has 0 aliphatic heterocycles. The van der Waals surface area contributed by atoms with E-state index in [1.54, 1.807) is 0 Å². The van der Waals surface area contributed by atoms with Crippen LogP contribution < -0.4 is 0 Å². The molecular formula is C20H17Cl2Zr-. The van der Waals surface area contributed by atoms with Crippen molar-refractivity contribution in [2.45, 2.75) is 19.3 Å². The fourth-order valence-electron chi connectivity index (χ4n) is 3.28. The van der Waals surface area contributed by atoms with Crippen LogP contribution in [0.25, 0.3) is 12.2 Å². The van der Waals surface area contributed by atoms with Crippen LogP contribution in [-0.2, 0) is 40.1 Å². The molecule has 0 unspecified atom stereocenters. The molecule has 0 spiro atoms. The van der Waals surface area contributed by atoms with Gasteiger partial charge in [0.15, 0.2) is 0 Å². The summed E-state index contributed by atoms with van der Waals surface area (Å²) >= 11 is -0.826. The van der Waals surface area contributed by atoms with Gasteiger partial charge in [0, 0.05) is 0 Å². The first-order valence-corrected chi connectivity index (χ1v) is 14.0. The van der Waals surface area contributed by atoms with Crippen LogP contribution in [0, 0.1) is 6.42 Å². The molecule has 0 aromatic heterocycles. The second kappa shape index (κ2) is 8.38. The van der Waals surface area contributed by atoms with Crippen LogP contribution in [0.3, 0.4) is 0 Å². The average Bonchev–Trinajstić information content (AvgIpc) is 3.22. The number of fused-ring (bicyclic) bond motifs is 2. The summed E-state index contributed by atoms with van der Waals surface area (Å²) in [5, 5.41) is 0. The average molecular weight is 419 g/mol. The van der Waals surface area contributed by atoms with Gasteiger partial charge in [0.1, 0.15) is 0 Å². The van der Waals surface area contributed by atoms with E-state index < -0.39 is 20.8 Å². The van der Waals surface area contributed by atoms with Crippen molar-refractivity contribution >= 4 is 29.2 Å². The van der Waals surface area contributed by atoms with Crippen LogP contribution >= 0.6 is 17.0 Å². The Labute approximate surface area is 156 Å². The Morgan fingerprint density at radius 1 is 0.870 bits per heavy atom. The Morgan fingerprint density at radius 3 is 2.22 bits per heavy atom. The number of rotatable bonds is 3. The number of hydrogen-bond acceptors (Lipinski definition) is 0. The molecular weight excluding hydrogens is 402 g/mol. The molecule has 2 aromatic rings. The van der Waals surface area contributed by atoms with Crippen LogP contribution in [0.5, 0.6) is 0 Å². The minimum absolute atomic E-state index is 0.826. The molecule has 2 aromatic carbocycles. The van der Waals surface area contributed by atoms with Gasteiger partial charge >= 0.3 is 37.9 Å². The van der Waals surface area contributed by atoms with Crippen LogP contribution in [0.4, 0.5) is 0 Å². The van der Waals surface area contributed by atoms with Crippen molar-refractivity contribution in [3.8, 4) is 0 Å². The van der Waals surface area contributed by atoms with Crippen molar-refractivity contribution in [3.63, 3.8) is 0 Å². The molecule has 0 bridgehead atoms. The second-order valence-electron chi connectivity index (χ2n) is 5.59. The summed E-state index contributed by atoms with van der Waals surface area (Å²) in [5.74, 6) is 0. The van der Waals surface area contributed by atoms with E-state index in [0.29, 0.717) is 0 Å². The van der Waals surface area contributed by atoms with Gasteiger partial charge < -0.3 is 0 Å². The van der Waals surface area contributed by atoms with E-state index in [0.717, 1.165) is 19.3 Å². The third-order valence-corrected chi connectivity index (χ3v) is 4.34. The molecule has 0 amide bonds. The molecule has 2 aliphatic rings. The Hall–Kier alpha value is -0.747. The first-order chi connectivity index (χ1) is 11.3. The summed E-state index contributed by atoms with van der Waals surface area (Å²) in [7, 11) is 9.87. The summed E-state index contributed by atoms with van der Waals surface area (Å²) < 4.78 is 0. The van der Waals surface area contributed by atoms with E-state index in [2.05, 4.69) is 67.1 Å². The fraction of sp³-hybridized carbons (Fsp3) is 0.150. The predicted molar refractivity (Wildman–Crippen MR) is 97.2 cm³/mol. The SMILES string of the molecule is C1=Cc2cccc([CH-]Cc3cccc4c3CC=C4)c2C1.[Cl][Zr][Cl]. The Bertz CT molecular complexity index is 684. The summed E-state index contributed by atoms with van der Waals surface area (Å²) in [5.41, 5.74) is 8.65. The van der Waals surface area contributed by atoms with Gasteiger partial charge in [0.05, 0.1) is 0 Å². The van der Waals surface area contributed by atoms with Crippen molar-refractivity contribution in [3.05, 3.63) is 88.4 Å². The molecule has 0 N–H and O–H groups in total. The molecule has 4 rings (SSSR count). The molecule has 23 heavy (non-hydrogen) atoms. The first-order valence-electron chi connectivity index (χ1n) is 7.68. The maximum absolute atomic E-state index is 4.93. The third-order valence-electron chi connectivity index (χ3n) is 4.34. The van der Waals surface area contributed by atoms with Gasteiger partial charge in [0.25, 0.3) is 0 Å². The van der Waals surface area contributed by atoms with Crippen LogP contribution in [-0.4, -0.2) is 0 Å². The molecule has 0 fully saturated rings. The Morgan fingerprint density at radius 2 is 1.48 bits per heavy atom. The van der Waals surface area contributed by atoms with Gasteiger partial charge in [-0.2, -0.15) is 18.1 Å². The molecule has 116 valence electrons. The van der Waals surface area contributed by atoms with Gasteiger partial charge in [-0.05, 0) is 17.5 Å². The number of benzene rings is 2. The second-order valence-corrected chi connectivity index (χ2v) is 9.32. The molecule has 3 heteroatoms. The first kappa shape index (κ1) is 17.1. The van der Waals surface area contributed by atoms with Crippen LogP contribution in [0.1, 0.15) is 33.4 Å². The van der Waals surface area contributed by atoms with Gasteiger partial charge in [-0.15, -0.1) is 11.6 Å². The number of allylic oxidation sites excluding steroid dienone is 2. The van der Waals surface area contributed by atoms with E-state index in [1.165, 1.54) is 33.4 Å². The molecule has 0 saturated carbocycles. The van der Waals surface area contributed by atoms with E-state index in [9.17, 15) is 0 Å². The molecule has 2 aliphatic carbocycles. The summed E-state index contributed by atoms with van der Waals surface area (Å²) in [6.07, 6.45) is 14.6. The van der Waals surface area contributed by atoms with Gasteiger partial charge in [-0.1, -0.05) is 72.5 Å². The summed E-state index contributed by atoms with van der Waals surface area (Å²) in [6.45, 7) is 0. The van der Waals surface area contributed by atoms with E-state index in [1.807, 2.05) is 0 Å². The van der Waals surface area contributed by atoms with Crippen molar-refractivity contribution in [1.29, 1.82) is 0 Å². The number of halogens is 2. The molecule has 0 atom stereocenters. The summed E-state index contributed by atoms with van der Waals surface area (Å²) in [4.78, 5) is 0. The Kier molecular flexibility index (Phi) is 6.23. The van der Waals surface area contributed by atoms with Crippen LogP contribution in [0.2, 0.25) is 0 Å². The zero-order valence-electron chi connectivity index (χ0n) is 12.7. The van der Waals surface area contributed by atoms with Gasteiger partial charge in [-0.3, -0.25) is 0 Å². The standard InChI is InChI=1S/C20H17.2ClH.Zr/c1-5-15-9-3-11-19(15)17(7-1)13-14-18-8-2-6-16-10-4-12-20(16)18;;;/h1-10,13H,11-12,14H2;2*1H;/q-1;;;+2/p-2. The topological polar surface area (TPSA) is 0 Å². The van der Waals surface area contributed by atoms with Gasteiger partial charge in [0.2, 0.25) is 0 Å². The number of hydrogen-bond donors (Lipinski definition) is 0. The van der Waals surface area contributed by atoms with Crippen molar-refractivity contribution in [2.75, 3.05) is 0 Å². The van der Waals surface area contributed by atoms with Crippen LogP contribution in [0.15, 0.2) is 48.6 Å². The molecule has 0 saturated heterocycles. The quantitative estimate of drug-likeness (QED) is 0.536. The summed E-state index contributed by atoms with van der Waals surface area (Å²) in [6, 6.07) is 13.3. The minimum atomic E-state index is -0.826. The molecule has 0 nitrogen and oxygen atoms in total. The Balaban J connectivity index is 0.000000485. The fourth-order valence-corrected chi connectivity index (χ4v) is 3.28. The van der Waals surface area contributed by atoms with Crippen molar-refractivity contribution < 1.29 is 20.8 Å². The van der Waals surface area contributed by atoms with E-state index >= 15 is 0 Å². The predicted octanol–water partition coefficient (Wildman–Crippen LogP) is 6.00.